The molecule has 1 N–H and O–H groups in total. The number of hydrogen-bond acceptors (Lipinski definition) is 2. The maximum Gasteiger partial charge on any atom is 0.352 e. The summed E-state index contributed by atoms with van der Waals surface area (Å²) >= 11 is 0. The Hall–Kier alpha value is -1.84. The first kappa shape index (κ1) is 10.7. The average Bonchev–Trinajstić information content (AvgIpc) is 2.56. The highest BCUT2D eigenvalue weighted by Crippen LogP contribution is 2.21. The zero-order chi connectivity index (χ0) is 11.9. The van der Waals surface area contributed by atoms with E-state index in [9.17, 15) is 4.79 Å². The molecule has 0 radical (unpaired) electrons. The van der Waals surface area contributed by atoms with Gasteiger partial charge in [-0.3, -0.25) is 4.40 Å². The van der Waals surface area contributed by atoms with Gasteiger partial charge >= 0.3 is 5.97 Å². The Bertz CT molecular complexity index is 555. The lowest BCUT2D eigenvalue weighted by Gasteiger charge is -2.07. The van der Waals surface area contributed by atoms with E-state index in [2.05, 4.69) is 4.98 Å². The van der Waals surface area contributed by atoms with Crippen LogP contribution in [0.1, 0.15) is 41.8 Å². The second-order valence-electron chi connectivity index (χ2n) is 4.15. The molecule has 0 bridgehead atoms. The van der Waals surface area contributed by atoms with Crippen molar-refractivity contribution in [3.63, 3.8) is 0 Å². The molecule has 0 unspecified atom stereocenters. The molecule has 0 saturated carbocycles. The first-order valence-electron chi connectivity index (χ1n) is 5.23. The molecule has 0 aliphatic rings. The van der Waals surface area contributed by atoms with Crippen molar-refractivity contribution in [2.45, 2.75) is 26.7 Å². The van der Waals surface area contributed by atoms with Gasteiger partial charge in [0.05, 0.1) is 11.2 Å². The van der Waals surface area contributed by atoms with Crippen molar-refractivity contribution < 1.29 is 9.90 Å². The fraction of sp³-hybridized carbons (Fsp3) is 0.333. The zero-order valence-corrected chi connectivity index (χ0v) is 9.56. The van der Waals surface area contributed by atoms with Crippen molar-refractivity contribution in [2.24, 2.45) is 0 Å². The number of aryl methyl sites for hydroxylation is 1. The minimum atomic E-state index is -0.926. The number of pyridine rings is 1. The number of rotatable bonds is 2. The SMILES string of the molecule is Cc1nc(C(C)C)n2c(C(=O)O)cccc12. The van der Waals surface area contributed by atoms with E-state index in [-0.39, 0.29) is 11.6 Å². The summed E-state index contributed by atoms with van der Waals surface area (Å²) in [5.74, 6) is 0.0668. The number of carbonyl (C=O) groups is 1. The van der Waals surface area contributed by atoms with Gasteiger partial charge < -0.3 is 5.11 Å². The van der Waals surface area contributed by atoms with Gasteiger partial charge in [-0.05, 0) is 19.1 Å². The molecule has 2 rings (SSSR count). The topological polar surface area (TPSA) is 54.6 Å². The van der Waals surface area contributed by atoms with Crippen LogP contribution in [0, 0.1) is 6.92 Å². The van der Waals surface area contributed by atoms with E-state index in [1.54, 1.807) is 16.5 Å². The van der Waals surface area contributed by atoms with Gasteiger partial charge in [-0.15, -0.1) is 0 Å². The standard InChI is InChI=1S/C12H14N2O2/c1-7(2)11-13-8(3)9-5-4-6-10(12(15)16)14(9)11/h4-7H,1-3H3,(H,15,16). The van der Waals surface area contributed by atoms with Gasteiger partial charge in [0, 0.05) is 5.92 Å². The Balaban J connectivity index is 2.88. The van der Waals surface area contributed by atoms with Crippen LogP contribution in [-0.4, -0.2) is 20.5 Å². The molecule has 2 aromatic heterocycles. The van der Waals surface area contributed by atoms with Crippen molar-refractivity contribution in [3.8, 4) is 0 Å². The summed E-state index contributed by atoms with van der Waals surface area (Å²) in [6, 6.07) is 5.24. The third-order valence-electron chi connectivity index (χ3n) is 2.61. The van der Waals surface area contributed by atoms with E-state index < -0.39 is 5.97 Å². The Kier molecular flexibility index (Phi) is 2.42. The van der Waals surface area contributed by atoms with E-state index >= 15 is 0 Å². The highest BCUT2D eigenvalue weighted by atomic mass is 16.4. The van der Waals surface area contributed by atoms with Gasteiger partial charge in [0.15, 0.2) is 0 Å². The first-order chi connectivity index (χ1) is 7.52. The van der Waals surface area contributed by atoms with Crippen molar-refractivity contribution in [3.05, 3.63) is 35.4 Å². The number of carboxylic acid groups (broad SMARTS) is 1. The molecule has 0 atom stereocenters. The Morgan fingerprint density at radius 3 is 2.69 bits per heavy atom. The predicted octanol–water partition coefficient (Wildman–Crippen LogP) is 2.46. The lowest BCUT2D eigenvalue weighted by Crippen LogP contribution is -2.08. The van der Waals surface area contributed by atoms with Crippen LogP contribution in [0.5, 0.6) is 0 Å². The molecule has 0 amide bonds. The van der Waals surface area contributed by atoms with Crippen LogP contribution in [0.3, 0.4) is 0 Å². The molecule has 0 spiro atoms. The summed E-state index contributed by atoms with van der Waals surface area (Å²) in [7, 11) is 0. The highest BCUT2D eigenvalue weighted by Gasteiger charge is 2.16. The quantitative estimate of drug-likeness (QED) is 0.842. The lowest BCUT2D eigenvalue weighted by atomic mass is 10.2. The monoisotopic (exact) mass is 218 g/mol. The second-order valence-corrected chi connectivity index (χ2v) is 4.15. The third-order valence-corrected chi connectivity index (χ3v) is 2.61. The smallest absolute Gasteiger partial charge is 0.352 e. The van der Waals surface area contributed by atoms with Crippen LogP contribution < -0.4 is 0 Å². The number of hydrogen-bond donors (Lipinski definition) is 1. The summed E-state index contributed by atoms with van der Waals surface area (Å²) < 4.78 is 1.72. The number of fused-ring (bicyclic) bond motifs is 1. The molecular weight excluding hydrogens is 204 g/mol. The Morgan fingerprint density at radius 1 is 1.44 bits per heavy atom. The predicted molar refractivity (Wildman–Crippen MR) is 61.0 cm³/mol. The van der Waals surface area contributed by atoms with Crippen LogP contribution in [0.25, 0.3) is 5.52 Å². The molecule has 16 heavy (non-hydrogen) atoms. The molecule has 4 heteroatoms. The molecule has 0 saturated heterocycles. The largest absolute Gasteiger partial charge is 0.477 e. The molecule has 0 aromatic carbocycles. The van der Waals surface area contributed by atoms with Crippen molar-refractivity contribution in [1.29, 1.82) is 0 Å². The molecule has 0 aliphatic carbocycles. The number of carboxylic acids is 1. The number of nitrogens with zero attached hydrogens (tertiary/aromatic N) is 2. The van der Waals surface area contributed by atoms with Gasteiger partial charge in [-0.1, -0.05) is 19.9 Å². The summed E-state index contributed by atoms with van der Waals surface area (Å²) in [4.78, 5) is 15.6. The van der Waals surface area contributed by atoms with E-state index in [4.69, 9.17) is 5.11 Å². The second kappa shape index (κ2) is 3.63. The van der Waals surface area contributed by atoms with Crippen LogP contribution in [0.2, 0.25) is 0 Å². The summed E-state index contributed by atoms with van der Waals surface area (Å²) in [5, 5.41) is 9.15. The van der Waals surface area contributed by atoms with E-state index in [1.165, 1.54) is 0 Å². The summed E-state index contributed by atoms with van der Waals surface area (Å²) in [5.41, 5.74) is 2.00. The average molecular weight is 218 g/mol. The molecule has 2 aromatic rings. The molecule has 2 heterocycles. The number of aromatic carboxylic acids is 1. The molecule has 84 valence electrons. The number of imidazole rings is 1. The summed E-state index contributed by atoms with van der Waals surface area (Å²) in [6.45, 7) is 5.91. The molecule has 4 nitrogen and oxygen atoms in total. The van der Waals surface area contributed by atoms with E-state index in [1.807, 2.05) is 26.8 Å². The maximum atomic E-state index is 11.2. The van der Waals surface area contributed by atoms with E-state index in [0.29, 0.717) is 0 Å². The van der Waals surface area contributed by atoms with Crippen LogP contribution in [-0.2, 0) is 0 Å². The maximum absolute atomic E-state index is 11.2. The minimum absolute atomic E-state index is 0.196. The van der Waals surface area contributed by atoms with Crippen LogP contribution in [0.15, 0.2) is 18.2 Å². The Morgan fingerprint density at radius 2 is 2.12 bits per heavy atom. The van der Waals surface area contributed by atoms with Gasteiger partial charge in [0.2, 0.25) is 0 Å². The third kappa shape index (κ3) is 1.46. The lowest BCUT2D eigenvalue weighted by molar-refractivity contribution is 0.0688. The van der Waals surface area contributed by atoms with Crippen molar-refractivity contribution in [1.82, 2.24) is 9.38 Å². The van der Waals surface area contributed by atoms with Crippen molar-refractivity contribution in [2.75, 3.05) is 0 Å². The van der Waals surface area contributed by atoms with E-state index in [0.717, 1.165) is 17.0 Å². The van der Waals surface area contributed by atoms with Crippen LogP contribution in [0.4, 0.5) is 0 Å². The normalized spacial score (nSPS) is 11.2. The first-order valence-corrected chi connectivity index (χ1v) is 5.23. The molecule has 0 fully saturated rings. The molecule has 0 aliphatic heterocycles. The van der Waals surface area contributed by atoms with Gasteiger partial charge in [0.25, 0.3) is 0 Å². The van der Waals surface area contributed by atoms with Gasteiger partial charge in [-0.25, -0.2) is 9.78 Å². The highest BCUT2D eigenvalue weighted by molar-refractivity contribution is 5.87. The van der Waals surface area contributed by atoms with Gasteiger partial charge in [-0.2, -0.15) is 0 Å². The summed E-state index contributed by atoms with van der Waals surface area (Å²) in [6.07, 6.45) is 0. The Labute approximate surface area is 93.5 Å². The number of aromatic nitrogens is 2. The fourth-order valence-corrected chi connectivity index (χ4v) is 1.87. The fourth-order valence-electron chi connectivity index (χ4n) is 1.87. The van der Waals surface area contributed by atoms with Gasteiger partial charge in [0.1, 0.15) is 11.5 Å². The van der Waals surface area contributed by atoms with Crippen molar-refractivity contribution >= 4 is 11.5 Å². The van der Waals surface area contributed by atoms with Crippen LogP contribution >= 0.6 is 0 Å². The zero-order valence-electron chi connectivity index (χ0n) is 9.56. The molecular formula is C12H14N2O2. The minimum Gasteiger partial charge on any atom is -0.477 e.